The first kappa shape index (κ1) is 27.1. The highest BCUT2D eigenvalue weighted by Crippen LogP contribution is 2.44. The van der Waals surface area contributed by atoms with E-state index < -0.39 is 0 Å². The van der Waals surface area contributed by atoms with E-state index in [0.29, 0.717) is 5.39 Å². The molecule has 6 aromatic carbocycles. The number of hydrogen-bond acceptors (Lipinski definition) is 4. The van der Waals surface area contributed by atoms with Crippen molar-refractivity contribution in [1.82, 2.24) is 23.8 Å². The zero-order valence-electron chi connectivity index (χ0n) is 26.6. The maximum absolute atomic E-state index is 14.5. The Balaban J connectivity index is 1.33. The number of para-hydroxylation sites is 1. The third-order valence-electron chi connectivity index (χ3n) is 10.2. The van der Waals surface area contributed by atoms with Crippen molar-refractivity contribution in [2.24, 2.45) is 0 Å². The molecule has 232 valence electrons. The monoisotopic (exact) mass is 639 g/mol. The second-order valence-corrected chi connectivity index (χ2v) is 12.8. The number of nitrogens with zero attached hydrogens (tertiary/aromatic N) is 5. The van der Waals surface area contributed by atoms with Crippen LogP contribution >= 0.6 is 0 Å². The highest BCUT2D eigenvalue weighted by atomic mass is 16.1. The van der Waals surface area contributed by atoms with Gasteiger partial charge >= 0.3 is 0 Å². The summed E-state index contributed by atoms with van der Waals surface area (Å²) >= 11 is 0. The van der Waals surface area contributed by atoms with Crippen LogP contribution in [0.15, 0.2) is 157 Å². The lowest BCUT2D eigenvalue weighted by Crippen LogP contribution is -2.09. The average Bonchev–Trinajstić information content (AvgIpc) is 3.68. The van der Waals surface area contributed by atoms with Crippen LogP contribution in [-0.2, 0) is 0 Å². The summed E-state index contributed by atoms with van der Waals surface area (Å²) in [6.07, 6.45) is 7.07. The van der Waals surface area contributed by atoms with E-state index in [1.807, 2.05) is 40.9 Å². The molecule has 50 heavy (non-hydrogen) atoms. The van der Waals surface area contributed by atoms with Gasteiger partial charge in [0.2, 0.25) is 0 Å². The number of fused-ring (bicyclic) bond motifs is 11. The molecule has 0 fully saturated rings. The standard InChI is InChI=1S/C44H25N5O/c50-44-32-13-7-8-14-35(32)48-36-16-15-28(31-22-29(26-9-3-1-4-10-26)21-30(23-31)27-11-5-2-6-12-27)24-33(36)38-40-41(47-20-19-46-40)39-34-25-45-18-17-37(34)49(44)43(39)42(38)48/h1-25H. The third-order valence-corrected chi connectivity index (χ3v) is 10.2. The summed E-state index contributed by atoms with van der Waals surface area (Å²) in [5, 5.41) is 4.43. The van der Waals surface area contributed by atoms with Crippen molar-refractivity contribution < 1.29 is 0 Å². The normalized spacial score (nSPS) is 12.1. The fourth-order valence-corrected chi connectivity index (χ4v) is 8.06. The highest BCUT2D eigenvalue weighted by molar-refractivity contribution is 6.35. The molecule has 0 spiro atoms. The molecular weight excluding hydrogens is 615 g/mol. The fourth-order valence-electron chi connectivity index (χ4n) is 8.06. The Morgan fingerprint density at radius 2 is 0.980 bits per heavy atom. The van der Waals surface area contributed by atoms with Gasteiger partial charge in [-0.3, -0.25) is 24.1 Å². The molecule has 0 aliphatic heterocycles. The van der Waals surface area contributed by atoms with Crippen molar-refractivity contribution in [2.75, 3.05) is 0 Å². The van der Waals surface area contributed by atoms with E-state index in [2.05, 4.69) is 106 Å². The predicted octanol–water partition coefficient (Wildman–Crippen LogP) is 9.94. The Bertz CT molecular complexity index is 3160. The molecule has 11 aromatic rings. The fraction of sp³-hybridized carbons (Fsp3) is 0. The second-order valence-electron chi connectivity index (χ2n) is 12.8. The molecular formula is C44H25N5O. The van der Waals surface area contributed by atoms with Gasteiger partial charge in [0.25, 0.3) is 5.56 Å². The van der Waals surface area contributed by atoms with Crippen LogP contribution in [-0.4, -0.2) is 23.8 Å². The van der Waals surface area contributed by atoms with Gasteiger partial charge in [-0.2, -0.15) is 0 Å². The van der Waals surface area contributed by atoms with E-state index in [1.54, 1.807) is 18.6 Å². The van der Waals surface area contributed by atoms with Gasteiger partial charge < -0.3 is 4.40 Å². The van der Waals surface area contributed by atoms with Crippen LogP contribution in [0.5, 0.6) is 0 Å². The molecule has 0 N–H and O–H groups in total. The van der Waals surface area contributed by atoms with Gasteiger partial charge in [0.1, 0.15) is 0 Å². The van der Waals surface area contributed by atoms with Crippen LogP contribution in [0.2, 0.25) is 0 Å². The average molecular weight is 640 g/mol. The van der Waals surface area contributed by atoms with Crippen LogP contribution in [0, 0.1) is 0 Å². The number of rotatable bonds is 3. The molecule has 5 heterocycles. The molecule has 0 saturated carbocycles. The molecule has 0 aliphatic rings. The van der Waals surface area contributed by atoms with Crippen molar-refractivity contribution in [2.45, 2.75) is 0 Å². The Labute approximate surface area is 284 Å². The first-order valence-corrected chi connectivity index (χ1v) is 16.6. The van der Waals surface area contributed by atoms with E-state index in [9.17, 15) is 4.79 Å². The smallest absolute Gasteiger partial charge is 0.265 e. The van der Waals surface area contributed by atoms with Crippen molar-refractivity contribution in [3.05, 3.63) is 163 Å². The summed E-state index contributed by atoms with van der Waals surface area (Å²) in [6.45, 7) is 0. The number of pyridine rings is 1. The SMILES string of the molecule is O=c1c2ccccc2n2c3ccc(-c4cc(-c5ccccc5)cc(-c5ccccc5)c4)cc3c3c4nccnc4c4c5cnccc5n1c4c32. The Morgan fingerprint density at radius 3 is 1.68 bits per heavy atom. The number of hydrogen-bond donors (Lipinski definition) is 0. The molecule has 0 atom stereocenters. The predicted molar refractivity (Wildman–Crippen MR) is 203 cm³/mol. The number of aromatic nitrogens is 5. The van der Waals surface area contributed by atoms with Crippen molar-refractivity contribution in [1.29, 1.82) is 0 Å². The minimum Gasteiger partial charge on any atom is -0.306 e. The minimum atomic E-state index is -0.0732. The molecule has 0 aliphatic carbocycles. The van der Waals surface area contributed by atoms with Gasteiger partial charge in [0, 0.05) is 46.3 Å². The molecule has 0 unspecified atom stereocenters. The van der Waals surface area contributed by atoms with Gasteiger partial charge in [-0.1, -0.05) is 78.9 Å². The van der Waals surface area contributed by atoms with Gasteiger partial charge in [-0.15, -0.1) is 0 Å². The Kier molecular flexibility index (Phi) is 5.44. The summed E-state index contributed by atoms with van der Waals surface area (Å²) in [4.78, 5) is 28.9. The maximum Gasteiger partial charge on any atom is 0.265 e. The van der Waals surface area contributed by atoms with E-state index in [1.165, 1.54) is 11.1 Å². The summed E-state index contributed by atoms with van der Waals surface area (Å²) in [5.41, 5.74) is 12.8. The van der Waals surface area contributed by atoms with Gasteiger partial charge in [-0.05, 0) is 81.9 Å². The van der Waals surface area contributed by atoms with E-state index in [4.69, 9.17) is 9.97 Å². The second kappa shape index (κ2) is 10.0. The van der Waals surface area contributed by atoms with Crippen molar-refractivity contribution >= 4 is 65.5 Å². The summed E-state index contributed by atoms with van der Waals surface area (Å²) < 4.78 is 4.12. The zero-order valence-corrected chi connectivity index (χ0v) is 26.6. The van der Waals surface area contributed by atoms with Crippen molar-refractivity contribution in [3.8, 4) is 33.4 Å². The van der Waals surface area contributed by atoms with Gasteiger partial charge in [0.05, 0.1) is 44.0 Å². The van der Waals surface area contributed by atoms with Crippen molar-refractivity contribution in [3.63, 3.8) is 0 Å². The molecule has 0 saturated heterocycles. The molecule has 0 bridgehead atoms. The summed E-state index contributed by atoms with van der Waals surface area (Å²) in [7, 11) is 0. The summed E-state index contributed by atoms with van der Waals surface area (Å²) in [6, 6.07) is 44.4. The van der Waals surface area contributed by atoms with Gasteiger partial charge in [-0.25, -0.2) is 0 Å². The minimum absolute atomic E-state index is 0.0732. The maximum atomic E-state index is 14.5. The molecule has 6 heteroatoms. The lowest BCUT2D eigenvalue weighted by Gasteiger charge is -2.12. The zero-order chi connectivity index (χ0) is 32.9. The van der Waals surface area contributed by atoms with E-state index >= 15 is 0 Å². The highest BCUT2D eigenvalue weighted by Gasteiger charge is 2.26. The molecule has 0 radical (unpaired) electrons. The Morgan fingerprint density at radius 1 is 0.420 bits per heavy atom. The Hall–Kier alpha value is -6.92. The first-order valence-electron chi connectivity index (χ1n) is 16.6. The molecule has 0 amide bonds. The molecule has 11 rings (SSSR count). The largest absolute Gasteiger partial charge is 0.306 e. The van der Waals surface area contributed by atoms with E-state index in [0.717, 1.165) is 82.4 Å². The van der Waals surface area contributed by atoms with Crippen LogP contribution in [0.25, 0.3) is 98.9 Å². The van der Waals surface area contributed by atoms with Crippen LogP contribution in [0.4, 0.5) is 0 Å². The quantitative estimate of drug-likeness (QED) is 0.193. The first-order chi connectivity index (χ1) is 24.7. The lowest BCUT2D eigenvalue weighted by molar-refractivity contribution is 1.21. The summed E-state index contributed by atoms with van der Waals surface area (Å²) in [5.74, 6) is 0. The van der Waals surface area contributed by atoms with E-state index in [-0.39, 0.29) is 5.56 Å². The number of benzene rings is 6. The van der Waals surface area contributed by atoms with Gasteiger partial charge in [0.15, 0.2) is 0 Å². The van der Waals surface area contributed by atoms with Crippen LogP contribution in [0.3, 0.4) is 0 Å². The molecule has 6 nitrogen and oxygen atoms in total. The van der Waals surface area contributed by atoms with Crippen LogP contribution in [0.1, 0.15) is 0 Å². The topological polar surface area (TPSA) is 64.6 Å². The van der Waals surface area contributed by atoms with Crippen LogP contribution < -0.4 is 5.56 Å². The third kappa shape index (κ3) is 3.62. The lowest BCUT2D eigenvalue weighted by atomic mass is 9.93. The molecule has 5 aromatic heterocycles.